The zero-order chi connectivity index (χ0) is 14.8. The standard InChI is InChI=1S/C17H31NO2/c1-5-6-7-8-9-15(4)20-13-17-16(10-11-19-17)12-18-14(2)3/h10-11,14-15,18H,5-9,12-13H2,1-4H3. The highest BCUT2D eigenvalue weighted by molar-refractivity contribution is 5.16. The van der Waals surface area contributed by atoms with Crippen molar-refractivity contribution >= 4 is 0 Å². The third kappa shape index (κ3) is 7.11. The van der Waals surface area contributed by atoms with Crippen molar-refractivity contribution in [1.29, 1.82) is 0 Å². The molecular weight excluding hydrogens is 250 g/mol. The summed E-state index contributed by atoms with van der Waals surface area (Å²) in [7, 11) is 0. The number of hydrogen-bond donors (Lipinski definition) is 1. The van der Waals surface area contributed by atoms with Crippen LogP contribution in [0.3, 0.4) is 0 Å². The molecule has 1 unspecified atom stereocenters. The molecule has 0 aliphatic rings. The van der Waals surface area contributed by atoms with E-state index in [4.69, 9.17) is 9.15 Å². The van der Waals surface area contributed by atoms with E-state index >= 15 is 0 Å². The van der Waals surface area contributed by atoms with E-state index in [9.17, 15) is 0 Å². The number of rotatable bonds is 11. The Labute approximate surface area is 124 Å². The van der Waals surface area contributed by atoms with Crippen LogP contribution in [0.4, 0.5) is 0 Å². The first kappa shape index (κ1) is 17.3. The molecule has 3 heteroatoms. The second kappa shape index (κ2) is 10.0. The third-order valence-corrected chi connectivity index (χ3v) is 3.50. The summed E-state index contributed by atoms with van der Waals surface area (Å²) >= 11 is 0. The summed E-state index contributed by atoms with van der Waals surface area (Å²) in [5.74, 6) is 0.957. The second-order valence-electron chi connectivity index (χ2n) is 5.88. The Morgan fingerprint density at radius 2 is 2.00 bits per heavy atom. The summed E-state index contributed by atoms with van der Waals surface area (Å²) in [4.78, 5) is 0. The first-order valence-electron chi connectivity index (χ1n) is 8.03. The van der Waals surface area contributed by atoms with E-state index in [2.05, 4.69) is 33.0 Å². The fourth-order valence-corrected chi connectivity index (χ4v) is 2.13. The minimum atomic E-state index is 0.308. The van der Waals surface area contributed by atoms with Crippen LogP contribution in [0, 0.1) is 0 Å². The maximum Gasteiger partial charge on any atom is 0.133 e. The van der Waals surface area contributed by atoms with Crippen LogP contribution in [0.1, 0.15) is 71.1 Å². The Balaban J connectivity index is 2.25. The van der Waals surface area contributed by atoms with Crippen molar-refractivity contribution in [2.45, 2.75) is 85.1 Å². The molecular formula is C17H31NO2. The fraction of sp³-hybridized carbons (Fsp3) is 0.765. The Bertz CT molecular complexity index is 347. The average molecular weight is 281 g/mol. The number of hydrogen-bond acceptors (Lipinski definition) is 3. The molecule has 1 rings (SSSR count). The van der Waals surface area contributed by atoms with Gasteiger partial charge < -0.3 is 14.5 Å². The van der Waals surface area contributed by atoms with Crippen LogP contribution in [0.2, 0.25) is 0 Å². The third-order valence-electron chi connectivity index (χ3n) is 3.50. The van der Waals surface area contributed by atoms with E-state index in [1.165, 1.54) is 31.2 Å². The van der Waals surface area contributed by atoms with Gasteiger partial charge in [-0.1, -0.05) is 46.5 Å². The van der Waals surface area contributed by atoms with Gasteiger partial charge in [0.2, 0.25) is 0 Å². The number of furan rings is 1. The van der Waals surface area contributed by atoms with Crippen LogP contribution in [-0.2, 0) is 17.9 Å². The maximum absolute atomic E-state index is 5.89. The summed E-state index contributed by atoms with van der Waals surface area (Å²) in [5, 5.41) is 3.41. The first-order valence-corrected chi connectivity index (χ1v) is 8.03. The van der Waals surface area contributed by atoms with Gasteiger partial charge in [0, 0.05) is 18.2 Å². The summed E-state index contributed by atoms with van der Waals surface area (Å²) in [6.07, 6.45) is 8.39. The number of nitrogens with one attached hydrogen (secondary N) is 1. The predicted octanol–water partition coefficient (Wildman–Crippen LogP) is 4.65. The van der Waals surface area contributed by atoms with Crippen molar-refractivity contribution in [2.75, 3.05) is 0 Å². The van der Waals surface area contributed by atoms with Crippen molar-refractivity contribution in [1.82, 2.24) is 5.32 Å². The van der Waals surface area contributed by atoms with E-state index in [1.54, 1.807) is 6.26 Å². The molecule has 0 saturated heterocycles. The molecule has 0 fully saturated rings. The molecule has 116 valence electrons. The highest BCUT2D eigenvalue weighted by Gasteiger charge is 2.09. The number of unbranched alkanes of at least 4 members (excludes halogenated alkanes) is 3. The van der Waals surface area contributed by atoms with E-state index in [0.29, 0.717) is 18.8 Å². The molecule has 0 saturated carbocycles. The highest BCUT2D eigenvalue weighted by atomic mass is 16.5. The molecule has 0 aliphatic carbocycles. The highest BCUT2D eigenvalue weighted by Crippen LogP contribution is 2.15. The Morgan fingerprint density at radius 1 is 1.20 bits per heavy atom. The zero-order valence-corrected chi connectivity index (χ0v) is 13.6. The fourth-order valence-electron chi connectivity index (χ4n) is 2.13. The SMILES string of the molecule is CCCCCCC(C)OCc1occc1CNC(C)C. The van der Waals surface area contributed by atoms with Gasteiger partial charge in [-0.25, -0.2) is 0 Å². The van der Waals surface area contributed by atoms with Crippen LogP contribution in [0.25, 0.3) is 0 Å². The van der Waals surface area contributed by atoms with Crippen LogP contribution < -0.4 is 5.32 Å². The lowest BCUT2D eigenvalue weighted by atomic mass is 10.1. The van der Waals surface area contributed by atoms with E-state index in [-0.39, 0.29) is 0 Å². The molecule has 1 heterocycles. The lowest BCUT2D eigenvalue weighted by Crippen LogP contribution is -2.22. The minimum Gasteiger partial charge on any atom is -0.467 e. The van der Waals surface area contributed by atoms with E-state index in [0.717, 1.165) is 18.7 Å². The molecule has 1 N–H and O–H groups in total. The molecule has 0 aromatic carbocycles. The van der Waals surface area contributed by atoms with Crippen LogP contribution in [0.5, 0.6) is 0 Å². The van der Waals surface area contributed by atoms with Crippen molar-refractivity contribution in [3.63, 3.8) is 0 Å². The van der Waals surface area contributed by atoms with Gasteiger partial charge in [-0.15, -0.1) is 0 Å². The van der Waals surface area contributed by atoms with Gasteiger partial charge in [0.1, 0.15) is 12.4 Å². The average Bonchev–Trinajstić information content (AvgIpc) is 2.86. The molecule has 0 spiro atoms. The first-order chi connectivity index (χ1) is 9.63. The lowest BCUT2D eigenvalue weighted by molar-refractivity contribution is 0.0355. The summed E-state index contributed by atoms with van der Waals surface area (Å²) in [5.41, 5.74) is 1.21. The smallest absolute Gasteiger partial charge is 0.133 e. The molecule has 20 heavy (non-hydrogen) atoms. The van der Waals surface area contributed by atoms with Crippen LogP contribution in [0.15, 0.2) is 16.7 Å². The quantitative estimate of drug-likeness (QED) is 0.599. The topological polar surface area (TPSA) is 34.4 Å². The summed E-state index contributed by atoms with van der Waals surface area (Å²) in [6, 6.07) is 2.51. The van der Waals surface area contributed by atoms with Gasteiger partial charge in [0.15, 0.2) is 0 Å². The molecule has 0 aliphatic heterocycles. The van der Waals surface area contributed by atoms with Crippen LogP contribution in [-0.4, -0.2) is 12.1 Å². The lowest BCUT2D eigenvalue weighted by Gasteiger charge is -2.13. The van der Waals surface area contributed by atoms with Gasteiger partial charge in [-0.05, 0) is 19.4 Å². The monoisotopic (exact) mass is 281 g/mol. The summed E-state index contributed by atoms with van der Waals surface area (Å²) in [6.45, 7) is 10.1. The number of ether oxygens (including phenoxy) is 1. The van der Waals surface area contributed by atoms with Crippen molar-refractivity contribution in [3.05, 3.63) is 23.7 Å². The van der Waals surface area contributed by atoms with Crippen molar-refractivity contribution in [2.24, 2.45) is 0 Å². The Hall–Kier alpha value is -0.800. The molecule has 1 aromatic rings. The predicted molar refractivity (Wildman–Crippen MR) is 83.7 cm³/mol. The Morgan fingerprint density at radius 3 is 2.70 bits per heavy atom. The summed E-state index contributed by atoms with van der Waals surface area (Å²) < 4.78 is 11.4. The van der Waals surface area contributed by atoms with Gasteiger partial charge in [-0.3, -0.25) is 0 Å². The molecule has 0 amide bonds. The molecule has 1 atom stereocenters. The normalized spacial score (nSPS) is 13.1. The minimum absolute atomic E-state index is 0.308. The van der Waals surface area contributed by atoms with Gasteiger partial charge in [-0.2, -0.15) is 0 Å². The van der Waals surface area contributed by atoms with E-state index < -0.39 is 0 Å². The van der Waals surface area contributed by atoms with Gasteiger partial charge in [0.05, 0.1) is 12.4 Å². The van der Waals surface area contributed by atoms with Gasteiger partial charge >= 0.3 is 0 Å². The maximum atomic E-state index is 5.89. The Kier molecular flexibility index (Phi) is 8.63. The van der Waals surface area contributed by atoms with Gasteiger partial charge in [0.25, 0.3) is 0 Å². The van der Waals surface area contributed by atoms with Crippen LogP contribution >= 0.6 is 0 Å². The van der Waals surface area contributed by atoms with Crippen molar-refractivity contribution in [3.8, 4) is 0 Å². The van der Waals surface area contributed by atoms with Crippen molar-refractivity contribution < 1.29 is 9.15 Å². The molecule has 0 bridgehead atoms. The molecule has 0 radical (unpaired) electrons. The molecule has 3 nitrogen and oxygen atoms in total. The zero-order valence-electron chi connectivity index (χ0n) is 13.6. The van der Waals surface area contributed by atoms with E-state index in [1.807, 2.05) is 6.07 Å². The molecule has 1 aromatic heterocycles. The largest absolute Gasteiger partial charge is 0.467 e. The second-order valence-corrected chi connectivity index (χ2v) is 5.88.